The van der Waals surface area contributed by atoms with Gasteiger partial charge in [0.05, 0.1) is 13.5 Å². The summed E-state index contributed by atoms with van der Waals surface area (Å²) in [6.07, 6.45) is 0.414. The SMILES string of the molecule is COC(=O)CCSc1cc(Br)ccc1CN. The molecule has 1 rings (SSSR count). The molecular formula is C11H14BrNO2S. The molecule has 0 heterocycles. The van der Waals surface area contributed by atoms with Crippen molar-refractivity contribution >= 4 is 33.7 Å². The Morgan fingerprint density at radius 1 is 1.56 bits per heavy atom. The van der Waals surface area contributed by atoms with Gasteiger partial charge >= 0.3 is 5.97 Å². The number of carbonyl (C=O) groups is 1. The Hall–Kier alpha value is -0.520. The maximum absolute atomic E-state index is 11.0. The van der Waals surface area contributed by atoms with Crippen LogP contribution in [-0.4, -0.2) is 18.8 Å². The fourth-order valence-corrected chi connectivity index (χ4v) is 2.73. The predicted molar refractivity (Wildman–Crippen MR) is 69.4 cm³/mol. The van der Waals surface area contributed by atoms with Gasteiger partial charge in [-0.1, -0.05) is 22.0 Å². The highest BCUT2D eigenvalue weighted by Crippen LogP contribution is 2.26. The van der Waals surface area contributed by atoms with E-state index in [1.54, 1.807) is 11.8 Å². The van der Waals surface area contributed by atoms with E-state index in [0.717, 1.165) is 14.9 Å². The first-order valence-electron chi connectivity index (χ1n) is 4.85. The van der Waals surface area contributed by atoms with Crippen molar-refractivity contribution in [3.8, 4) is 0 Å². The Labute approximate surface area is 108 Å². The average molecular weight is 304 g/mol. The second kappa shape index (κ2) is 6.93. The van der Waals surface area contributed by atoms with E-state index in [9.17, 15) is 4.79 Å². The third-order valence-electron chi connectivity index (χ3n) is 2.04. The van der Waals surface area contributed by atoms with Crippen molar-refractivity contribution in [1.29, 1.82) is 0 Å². The third-order valence-corrected chi connectivity index (χ3v) is 3.63. The molecule has 5 heteroatoms. The van der Waals surface area contributed by atoms with Crippen molar-refractivity contribution < 1.29 is 9.53 Å². The lowest BCUT2D eigenvalue weighted by molar-refractivity contribution is -0.140. The van der Waals surface area contributed by atoms with Crippen LogP contribution in [0.3, 0.4) is 0 Å². The van der Waals surface area contributed by atoms with Crippen molar-refractivity contribution in [3.63, 3.8) is 0 Å². The van der Waals surface area contributed by atoms with Gasteiger partial charge in [-0.3, -0.25) is 4.79 Å². The number of hydrogen-bond donors (Lipinski definition) is 1. The van der Waals surface area contributed by atoms with Crippen molar-refractivity contribution in [2.24, 2.45) is 5.73 Å². The summed E-state index contributed by atoms with van der Waals surface area (Å²) in [5.41, 5.74) is 6.73. The summed E-state index contributed by atoms with van der Waals surface area (Å²) in [5.74, 6) is 0.521. The standard InChI is InChI=1S/C11H14BrNO2S/c1-15-11(14)4-5-16-10-6-9(12)3-2-8(10)7-13/h2-3,6H,4-5,7,13H2,1H3. The number of benzene rings is 1. The Morgan fingerprint density at radius 3 is 2.94 bits per heavy atom. The summed E-state index contributed by atoms with van der Waals surface area (Å²) in [7, 11) is 1.40. The molecule has 0 aromatic heterocycles. The fraction of sp³-hybridized carbons (Fsp3) is 0.364. The maximum atomic E-state index is 11.0. The molecule has 0 saturated carbocycles. The second-order valence-corrected chi connectivity index (χ2v) is 5.18. The van der Waals surface area contributed by atoms with Crippen LogP contribution >= 0.6 is 27.7 Å². The molecule has 0 fully saturated rings. The van der Waals surface area contributed by atoms with Crippen LogP contribution in [0.25, 0.3) is 0 Å². The Balaban J connectivity index is 2.58. The number of esters is 1. The topological polar surface area (TPSA) is 52.3 Å². The first-order valence-corrected chi connectivity index (χ1v) is 6.63. The highest BCUT2D eigenvalue weighted by molar-refractivity contribution is 9.10. The smallest absolute Gasteiger partial charge is 0.306 e. The molecule has 0 bridgehead atoms. The zero-order valence-corrected chi connectivity index (χ0v) is 11.4. The van der Waals surface area contributed by atoms with Gasteiger partial charge in [0, 0.05) is 21.7 Å². The van der Waals surface area contributed by atoms with Crippen LogP contribution in [0.15, 0.2) is 27.6 Å². The third kappa shape index (κ3) is 4.15. The van der Waals surface area contributed by atoms with E-state index in [-0.39, 0.29) is 5.97 Å². The van der Waals surface area contributed by atoms with E-state index in [0.29, 0.717) is 18.7 Å². The van der Waals surface area contributed by atoms with E-state index in [4.69, 9.17) is 5.73 Å². The number of ether oxygens (including phenoxy) is 1. The van der Waals surface area contributed by atoms with E-state index in [1.165, 1.54) is 7.11 Å². The highest BCUT2D eigenvalue weighted by Gasteiger charge is 2.05. The van der Waals surface area contributed by atoms with Crippen LogP contribution in [0, 0.1) is 0 Å². The van der Waals surface area contributed by atoms with Crippen LogP contribution in [-0.2, 0) is 16.1 Å². The van der Waals surface area contributed by atoms with Gasteiger partial charge in [-0.05, 0) is 17.7 Å². The molecule has 0 aliphatic carbocycles. The molecule has 3 nitrogen and oxygen atoms in total. The molecule has 0 spiro atoms. The summed E-state index contributed by atoms with van der Waals surface area (Å²) in [4.78, 5) is 12.1. The number of thioether (sulfide) groups is 1. The number of nitrogens with two attached hydrogens (primary N) is 1. The molecule has 2 N–H and O–H groups in total. The Kier molecular flexibility index (Phi) is 5.87. The summed E-state index contributed by atoms with van der Waals surface area (Å²) in [6.45, 7) is 0.508. The quantitative estimate of drug-likeness (QED) is 0.671. The number of hydrogen-bond acceptors (Lipinski definition) is 4. The lowest BCUT2D eigenvalue weighted by Gasteiger charge is -2.07. The van der Waals surface area contributed by atoms with Gasteiger partial charge in [-0.25, -0.2) is 0 Å². The van der Waals surface area contributed by atoms with E-state index >= 15 is 0 Å². The number of rotatable bonds is 5. The molecule has 0 aliphatic rings. The molecule has 0 amide bonds. The molecule has 0 radical (unpaired) electrons. The van der Waals surface area contributed by atoms with Crippen LogP contribution in [0.1, 0.15) is 12.0 Å². The minimum atomic E-state index is -0.184. The van der Waals surface area contributed by atoms with Gasteiger partial charge < -0.3 is 10.5 Å². The molecule has 0 saturated heterocycles. The number of halogens is 1. The minimum Gasteiger partial charge on any atom is -0.469 e. The van der Waals surface area contributed by atoms with Crippen LogP contribution in [0.4, 0.5) is 0 Å². The first-order chi connectivity index (χ1) is 7.67. The largest absolute Gasteiger partial charge is 0.469 e. The normalized spacial score (nSPS) is 10.2. The first kappa shape index (κ1) is 13.5. The lowest BCUT2D eigenvalue weighted by atomic mass is 10.2. The van der Waals surface area contributed by atoms with E-state index < -0.39 is 0 Å². The molecule has 0 unspecified atom stereocenters. The zero-order valence-electron chi connectivity index (χ0n) is 9.03. The monoisotopic (exact) mass is 303 g/mol. The van der Waals surface area contributed by atoms with Crippen LogP contribution in [0.5, 0.6) is 0 Å². The lowest BCUT2D eigenvalue weighted by Crippen LogP contribution is -2.02. The zero-order chi connectivity index (χ0) is 12.0. The number of carbonyl (C=O) groups excluding carboxylic acids is 1. The summed E-state index contributed by atoms with van der Waals surface area (Å²) < 4.78 is 5.60. The van der Waals surface area contributed by atoms with Crippen molar-refractivity contribution in [3.05, 3.63) is 28.2 Å². The van der Waals surface area contributed by atoms with E-state index in [1.807, 2.05) is 18.2 Å². The number of methoxy groups -OCH3 is 1. The van der Waals surface area contributed by atoms with Crippen molar-refractivity contribution in [1.82, 2.24) is 0 Å². The van der Waals surface area contributed by atoms with Crippen molar-refractivity contribution in [2.45, 2.75) is 17.9 Å². The van der Waals surface area contributed by atoms with Crippen LogP contribution in [0.2, 0.25) is 0 Å². The molecule has 88 valence electrons. The van der Waals surface area contributed by atoms with Gasteiger partial charge in [0.25, 0.3) is 0 Å². The summed E-state index contributed by atoms with van der Waals surface area (Å²) in [6, 6.07) is 5.97. The Bertz CT molecular complexity index is 371. The molecule has 0 aliphatic heterocycles. The molecular weight excluding hydrogens is 290 g/mol. The second-order valence-electron chi connectivity index (χ2n) is 3.13. The van der Waals surface area contributed by atoms with Gasteiger partial charge in [0.1, 0.15) is 0 Å². The van der Waals surface area contributed by atoms with Gasteiger partial charge in [0.2, 0.25) is 0 Å². The predicted octanol–water partition coefficient (Wildman–Crippen LogP) is 2.56. The van der Waals surface area contributed by atoms with Gasteiger partial charge in [0.15, 0.2) is 0 Å². The molecule has 1 aromatic rings. The maximum Gasteiger partial charge on any atom is 0.306 e. The minimum absolute atomic E-state index is 0.184. The van der Waals surface area contributed by atoms with Crippen molar-refractivity contribution in [2.75, 3.05) is 12.9 Å². The summed E-state index contributed by atoms with van der Waals surface area (Å²) >= 11 is 5.03. The Morgan fingerprint density at radius 2 is 2.31 bits per heavy atom. The highest BCUT2D eigenvalue weighted by atomic mass is 79.9. The fourth-order valence-electron chi connectivity index (χ4n) is 1.18. The average Bonchev–Trinajstić information content (AvgIpc) is 2.29. The molecule has 1 aromatic carbocycles. The molecule has 0 atom stereocenters. The van der Waals surface area contributed by atoms with Crippen LogP contribution < -0.4 is 5.73 Å². The molecule has 16 heavy (non-hydrogen) atoms. The van der Waals surface area contributed by atoms with Gasteiger partial charge in [-0.15, -0.1) is 11.8 Å². The van der Waals surface area contributed by atoms with E-state index in [2.05, 4.69) is 20.7 Å². The summed E-state index contributed by atoms with van der Waals surface area (Å²) in [5, 5.41) is 0. The van der Waals surface area contributed by atoms with Gasteiger partial charge in [-0.2, -0.15) is 0 Å².